The molecule has 0 radical (unpaired) electrons. The molecule has 0 aromatic heterocycles. The van der Waals surface area contributed by atoms with Crippen LogP contribution in [0.5, 0.6) is 0 Å². The van der Waals surface area contributed by atoms with Crippen LogP contribution in [0.3, 0.4) is 0 Å². The Bertz CT molecular complexity index is 485. The van der Waals surface area contributed by atoms with E-state index in [4.69, 9.17) is 9.84 Å². The van der Waals surface area contributed by atoms with Crippen LogP contribution >= 0.6 is 0 Å². The van der Waals surface area contributed by atoms with E-state index >= 15 is 0 Å². The zero-order valence-corrected chi connectivity index (χ0v) is 11.5. The van der Waals surface area contributed by atoms with Crippen LogP contribution in [0.4, 0.5) is 0 Å². The normalized spacial score (nSPS) is 11.7. The van der Waals surface area contributed by atoms with Crippen molar-refractivity contribution in [2.45, 2.75) is 25.5 Å². The van der Waals surface area contributed by atoms with E-state index in [0.717, 1.165) is 5.56 Å². The lowest BCUT2D eigenvalue weighted by molar-refractivity contribution is -0.139. The SMILES string of the molecule is C=CCCC(NC(=O)c1ccccc1COC)C(=O)O. The molecular formula is C15H19NO4. The van der Waals surface area contributed by atoms with Gasteiger partial charge in [-0.15, -0.1) is 6.58 Å². The van der Waals surface area contributed by atoms with Gasteiger partial charge >= 0.3 is 5.97 Å². The maximum absolute atomic E-state index is 12.2. The second-order valence-electron chi connectivity index (χ2n) is 4.32. The Labute approximate surface area is 118 Å². The first-order valence-corrected chi connectivity index (χ1v) is 6.31. The van der Waals surface area contributed by atoms with Gasteiger partial charge in [-0.1, -0.05) is 24.3 Å². The summed E-state index contributed by atoms with van der Waals surface area (Å²) in [6.07, 6.45) is 2.47. The second kappa shape index (κ2) is 8.12. The van der Waals surface area contributed by atoms with E-state index in [0.29, 0.717) is 25.0 Å². The van der Waals surface area contributed by atoms with E-state index in [1.807, 2.05) is 0 Å². The van der Waals surface area contributed by atoms with Crippen molar-refractivity contribution in [1.82, 2.24) is 5.32 Å². The molecule has 0 bridgehead atoms. The predicted octanol–water partition coefficient (Wildman–Crippen LogP) is 1.98. The third kappa shape index (κ3) is 4.51. The van der Waals surface area contributed by atoms with Gasteiger partial charge in [0.2, 0.25) is 0 Å². The van der Waals surface area contributed by atoms with E-state index in [2.05, 4.69) is 11.9 Å². The van der Waals surface area contributed by atoms with Gasteiger partial charge in [0.1, 0.15) is 6.04 Å². The molecule has 0 spiro atoms. The van der Waals surface area contributed by atoms with Gasteiger partial charge in [0.25, 0.3) is 5.91 Å². The van der Waals surface area contributed by atoms with Crippen molar-refractivity contribution in [2.75, 3.05) is 7.11 Å². The van der Waals surface area contributed by atoms with Crippen LogP contribution in [-0.4, -0.2) is 30.1 Å². The molecule has 0 aliphatic rings. The Morgan fingerprint density at radius 3 is 2.75 bits per heavy atom. The molecule has 0 saturated carbocycles. The molecule has 108 valence electrons. The zero-order chi connectivity index (χ0) is 15.0. The van der Waals surface area contributed by atoms with Crippen LogP contribution in [0.2, 0.25) is 0 Å². The molecule has 0 heterocycles. The van der Waals surface area contributed by atoms with Gasteiger partial charge in [-0.2, -0.15) is 0 Å². The van der Waals surface area contributed by atoms with Crippen LogP contribution in [0, 0.1) is 0 Å². The van der Waals surface area contributed by atoms with Crippen LogP contribution in [0.1, 0.15) is 28.8 Å². The molecule has 0 aliphatic heterocycles. The molecule has 1 amide bonds. The molecule has 0 fully saturated rings. The molecular weight excluding hydrogens is 258 g/mol. The van der Waals surface area contributed by atoms with Crippen molar-refractivity contribution in [3.63, 3.8) is 0 Å². The van der Waals surface area contributed by atoms with Crippen molar-refractivity contribution in [1.29, 1.82) is 0 Å². The van der Waals surface area contributed by atoms with Gasteiger partial charge in [-0.25, -0.2) is 4.79 Å². The average Bonchev–Trinajstić information content (AvgIpc) is 2.43. The highest BCUT2D eigenvalue weighted by Crippen LogP contribution is 2.11. The van der Waals surface area contributed by atoms with Crippen LogP contribution in [0.25, 0.3) is 0 Å². The van der Waals surface area contributed by atoms with Crippen LogP contribution in [0.15, 0.2) is 36.9 Å². The smallest absolute Gasteiger partial charge is 0.326 e. The zero-order valence-electron chi connectivity index (χ0n) is 11.5. The van der Waals surface area contributed by atoms with Crippen molar-refractivity contribution >= 4 is 11.9 Å². The summed E-state index contributed by atoms with van der Waals surface area (Å²) in [5, 5.41) is 11.6. The van der Waals surface area contributed by atoms with E-state index in [1.54, 1.807) is 37.5 Å². The summed E-state index contributed by atoms with van der Waals surface area (Å²) in [6, 6.07) is 6.04. The number of carboxylic acid groups (broad SMARTS) is 1. The Hall–Kier alpha value is -2.14. The highest BCUT2D eigenvalue weighted by molar-refractivity contribution is 5.97. The summed E-state index contributed by atoms with van der Waals surface area (Å²) in [5.41, 5.74) is 1.15. The lowest BCUT2D eigenvalue weighted by Crippen LogP contribution is -2.41. The molecule has 1 atom stereocenters. The molecule has 5 nitrogen and oxygen atoms in total. The number of benzene rings is 1. The number of ether oxygens (including phenoxy) is 1. The number of carbonyl (C=O) groups is 2. The van der Waals surface area contributed by atoms with Crippen LogP contribution < -0.4 is 5.32 Å². The van der Waals surface area contributed by atoms with Gasteiger partial charge < -0.3 is 15.2 Å². The number of hydrogen-bond donors (Lipinski definition) is 2. The molecule has 0 aliphatic carbocycles. The van der Waals surface area contributed by atoms with E-state index in [-0.39, 0.29) is 0 Å². The average molecular weight is 277 g/mol. The standard InChI is InChI=1S/C15H19NO4/c1-3-4-9-13(15(18)19)16-14(17)12-8-6-5-7-11(12)10-20-2/h3,5-8,13H,1,4,9-10H2,2H3,(H,16,17)(H,18,19). The summed E-state index contributed by atoms with van der Waals surface area (Å²) in [4.78, 5) is 23.3. The molecule has 20 heavy (non-hydrogen) atoms. The first kappa shape index (κ1) is 15.9. The highest BCUT2D eigenvalue weighted by Gasteiger charge is 2.21. The minimum Gasteiger partial charge on any atom is -0.480 e. The molecule has 1 unspecified atom stereocenters. The topological polar surface area (TPSA) is 75.6 Å². The van der Waals surface area contributed by atoms with Gasteiger partial charge in [0.05, 0.1) is 6.61 Å². The third-order valence-electron chi connectivity index (χ3n) is 2.82. The van der Waals surface area contributed by atoms with E-state index < -0.39 is 17.9 Å². The quantitative estimate of drug-likeness (QED) is 0.712. The van der Waals surface area contributed by atoms with Gasteiger partial charge in [-0.3, -0.25) is 4.79 Å². The summed E-state index contributed by atoms with van der Waals surface area (Å²) in [6.45, 7) is 3.85. The number of methoxy groups -OCH3 is 1. The molecule has 2 N–H and O–H groups in total. The lowest BCUT2D eigenvalue weighted by Gasteiger charge is -2.15. The summed E-state index contributed by atoms with van der Waals surface area (Å²) < 4.78 is 5.03. The monoisotopic (exact) mass is 277 g/mol. The highest BCUT2D eigenvalue weighted by atomic mass is 16.5. The Morgan fingerprint density at radius 1 is 1.45 bits per heavy atom. The number of nitrogens with one attached hydrogen (secondary N) is 1. The minimum absolute atomic E-state index is 0.300. The summed E-state index contributed by atoms with van der Waals surface area (Å²) >= 11 is 0. The Morgan fingerprint density at radius 2 is 2.15 bits per heavy atom. The fraction of sp³-hybridized carbons (Fsp3) is 0.333. The Balaban J connectivity index is 2.83. The minimum atomic E-state index is -1.05. The number of hydrogen-bond acceptors (Lipinski definition) is 3. The molecule has 1 aromatic carbocycles. The fourth-order valence-electron chi connectivity index (χ4n) is 1.80. The number of carbonyl (C=O) groups excluding carboxylic acids is 1. The second-order valence-corrected chi connectivity index (χ2v) is 4.32. The Kier molecular flexibility index (Phi) is 6.46. The number of carboxylic acids is 1. The number of aliphatic carboxylic acids is 1. The van der Waals surface area contributed by atoms with Crippen molar-refractivity contribution in [2.24, 2.45) is 0 Å². The lowest BCUT2D eigenvalue weighted by atomic mass is 10.1. The molecule has 5 heteroatoms. The van der Waals surface area contributed by atoms with Crippen LogP contribution in [-0.2, 0) is 16.1 Å². The first-order valence-electron chi connectivity index (χ1n) is 6.31. The van der Waals surface area contributed by atoms with Gasteiger partial charge in [0.15, 0.2) is 0 Å². The largest absolute Gasteiger partial charge is 0.480 e. The van der Waals surface area contributed by atoms with E-state index in [1.165, 1.54) is 0 Å². The number of amides is 1. The van der Waals surface area contributed by atoms with Gasteiger partial charge in [-0.05, 0) is 24.5 Å². The molecule has 1 aromatic rings. The first-order chi connectivity index (χ1) is 9.60. The van der Waals surface area contributed by atoms with E-state index in [9.17, 15) is 9.59 Å². The van der Waals surface area contributed by atoms with Crippen molar-refractivity contribution in [3.05, 3.63) is 48.0 Å². The predicted molar refractivity (Wildman–Crippen MR) is 75.5 cm³/mol. The maximum atomic E-state index is 12.2. The fourth-order valence-corrected chi connectivity index (χ4v) is 1.80. The molecule has 1 rings (SSSR count). The number of rotatable bonds is 8. The van der Waals surface area contributed by atoms with Crippen molar-refractivity contribution < 1.29 is 19.4 Å². The summed E-state index contributed by atoms with van der Waals surface area (Å²) in [7, 11) is 1.54. The third-order valence-corrected chi connectivity index (χ3v) is 2.82. The van der Waals surface area contributed by atoms with Crippen molar-refractivity contribution in [3.8, 4) is 0 Å². The summed E-state index contributed by atoms with van der Waals surface area (Å²) in [5.74, 6) is -1.46. The maximum Gasteiger partial charge on any atom is 0.326 e. The molecule has 0 saturated heterocycles. The number of allylic oxidation sites excluding steroid dienone is 1. The van der Waals surface area contributed by atoms with Gasteiger partial charge in [0, 0.05) is 12.7 Å².